The molecule has 0 fully saturated rings. The van der Waals surface area contributed by atoms with Crippen LogP contribution < -0.4 is 4.57 Å². The third-order valence-corrected chi connectivity index (χ3v) is 6.32. The Balaban J connectivity index is 2.12. The Kier molecular flexibility index (Phi) is 17.4. The quantitative estimate of drug-likeness (QED) is 0.143. The van der Waals surface area contributed by atoms with Crippen molar-refractivity contribution in [2.24, 2.45) is 0 Å². The molecule has 0 radical (unpaired) electrons. The zero-order chi connectivity index (χ0) is 21.0. The highest BCUT2D eigenvalue weighted by Gasteiger charge is 2.15. The Morgan fingerprint density at radius 1 is 0.586 bits per heavy atom. The Labute approximate surface area is 183 Å². The number of nitrogens with zero attached hydrogens (tertiary/aromatic N) is 2. The van der Waals surface area contributed by atoms with E-state index in [4.69, 9.17) is 0 Å². The average molecular weight is 406 g/mol. The molecule has 2 heteroatoms. The molecule has 0 atom stereocenters. The number of hydrogen-bond donors (Lipinski definition) is 0. The predicted octanol–water partition coefficient (Wildman–Crippen LogP) is 8.40. The molecule has 1 aromatic heterocycles. The molecule has 1 aromatic rings. The third-order valence-electron chi connectivity index (χ3n) is 6.32. The van der Waals surface area contributed by atoms with E-state index in [-0.39, 0.29) is 0 Å². The number of aryl methyl sites for hydroxylation is 2. The minimum Gasteiger partial charge on any atom is -0.234 e. The molecule has 2 nitrogen and oxygen atoms in total. The van der Waals surface area contributed by atoms with Crippen LogP contribution in [0.25, 0.3) is 0 Å². The molecule has 0 saturated carbocycles. The van der Waals surface area contributed by atoms with Gasteiger partial charge < -0.3 is 0 Å². The summed E-state index contributed by atoms with van der Waals surface area (Å²) in [4.78, 5) is 0. The summed E-state index contributed by atoms with van der Waals surface area (Å²) >= 11 is 0. The predicted molar refractivity (Wildman–Crippen MR) is 128 cm³/mol. The van der Waals surface area contributed by atoms with E-state index >= 15 is 0 Å². The van der Waals surface area contributed by atoms with Gasteiger partial charge in [0, 0.05) is 6.42 Å². The molecule has 1 rings (SSSR count). The highest BCUT2D eigenvalue weighted by Crippen LogP contribution is 2.13. The third kappa shape index (κ3) is 13.2. The number of rotatable bonds is 21. The van der Waals surface area contributed by atoms with Crippen LogP contribution in [0, 0.1) is 0 Å². The van der Waals surface area contributed by atoms with Crippen molar-refractivity contribution in [1.82, 2.24) is 4.57 Å². The highest BCUT2D eigenvalue weighted by atomic mass is 15.1. The fourth-order valence-corrected chi connectivity index (χ4v) is 4.42. The van der Waals surface area contributed by atoms with E-state index in [0.717, 1.165) is 0 Å². The first kappa shape index (κ1) is 26.2. The monoisotopic (exact) mass is 405 g/mol. The molecule has 0 unspecified atom stereocenters. The topological polar surface area (TPSA) is 8.81 Å². The second-order valence-corrected chi connectivity index (χ2v) is 9.15. The van der Waals surface area contributed by atoms with Crippen molar-refractivity contribution < 1.29 is 4.57 Å². The summed E-state index contributed by atoms with van der Waals surface area (Å²) in [6.07, 6.45) is 31.2. The van der Waals surface area contributed by atoms with Gasteiger partial charge in [0.15, 0.2) is 0 Å². The molecule has 0 aliphatic rings. The van der Waals surface area contributed by atoms with Gasteiger partial charge in [-0.1, -0.05) is 104 Å². The van der Waals surface area contributed by atoms with E-state index in [2.05, 4.69) is 42.3 Å². The summed E-state index contributed by atoms with van der Waals surface area (Å²) < 4.78 is 5.09. The lowest BCUT2D eigenvalue weighted by molar-refractivity contribution is -0.704. The first-order valence-corrected chi connectivity index (χ1v) is 13.4. The summed E-state index contributed by atoms with van der Waals surface area (Å²) in [6.45, 7) is 9.34. The van der Waals surface area contributed by atoms with E-state index in [1.807, 2.05) is 0 Å². The maximum atomic E-state index is 2.55. The van der Waals surface area contributed by atoms with Crippen LogP contribution in [0.1, 0.15) is 142 Å². The molecule has 1 heterocycles. The van der Waals surface area contributed by atoms with Crippen LogP contribution in [-0.4, -0.2) is 4.57 Å². The lowest BCUT2D eigenvalue weighted by Gasteiger charge is -2.05. The zero-order valence-corrected chi connectivity index (χ0v) is 20.4. The van der Waals surface area contributed by atoms with Crippen molar-refractivity contribution in [1.29, 1.82) is 0 Å². The van der Waals surface area contributed by atoms with E-state index in [1.165, 1.54) is 135 Å². The summed E-state index contributed by atoms with van der Waals surface area (Å²) in [5, 5.41) is 0. The van der Waals surface area contributed by atoms with Crippen molar-refractivity contribution in [3.8, 4) is 0 Å². The van der Waals surface area contributed by atoms with E-state index in [0.29, 0.717) is 0 Å². The van der Waals surface area contributed by atoms with Gasteiger partial charge in [-0.3, -0.25) is 0 Å². The van der Waals surface area contributed by atoms with Gasteiger partial charge in [-0.2, -0.15) is 0 Å². The molecule has 0 spiro atoms. The molecule has 0 amide bonds. The number of imidazole rings is 1. The van der Waals surface area contributed by atoms with Gasteiger partial charge in [-0.25, -0.2) is 9.13 Å². The van der Waals surface area contributed by atoms with Crippen molar-refractivity contribution in [3.63, 3.8) is 0 Å². The second kappa shape index (κ2) is 19.2. The lowest BCUT2D eigenvalue weighted by Crippen LogP contribution is -2.37. The largest absolute Gasteiger partial charge is 0.256 e. The van der Waals surface area contributed by atoms with E-state index in [1.54, 1.807) is 5.82 Å². The molecule has 29 heavy (non-hydrogen) atoms. The van der Waals surface area contributed by atoms with E-state index < -0.39 is 0 Å². The Morgan fingerprint density at radius 2 is 1.07 bits per heavy atom. The average Bonchev–Trinajstić information content (AvgIpc) is 3.10. The van der Waals surface area contributed by atoms with Gasteiger partial charge in [0.2, 0.25) is 0 Å². The smallest absolute Gasteiger partial charge is 0.234 e. The van der Waals surface area contributed by atoms with Crippen LogP contribution in [-0.2, 0) is 19.5 Å². The molecule has 0 aromatic carbocycles. The van der Waals surface area contributed by atoms with Crippen LogP contribution in [0.2, 0.25) is 0 Å². The van der Waals surface area contributed by atoms with Crippen molar-refractivity contribution in [3.05, 3.63) is 18.2 Å². The van der Waals surface area contributed by atoms with Crippen molar-refractivity contribution in [2.75, 3.05) is 0 Å². The van der Waals surface area contributed by atoms with Crippen LogP contribution >= 0.6 is 0 Å². The summed E-state index contributed by atoms with van der Waals surface area (Å²) in [7, 11) is 0. The van der Waals surface area contributed by atoms with Crippen molar-refractivity contribution >= 4 is 0 Å². The van der Waals surface area contributed by atoms with E-state index in [9.17, 15) is 0 Å². The zero-order valence-electron chi connectivity index (χ0n) is 20.4. The summed E-state index contributed by atoms with van der Waals surface area (Å²) in [6, 6.07) is 0. The molecule has 0 saturated heterocycles. The first-order valence-electron chi connectivity index (χ1n) is 13.4. The summed E-state index contributed by atoms with van der Waals surface area (Å²) in [5.74, 6) is 1.56. The fraction of sp³-hybridized carbons (Fsp3) is 0.889. The van der Waals surface area contributed by atoms with Crippen molar-refractivity contribution in [2.45, 2.75) is 156 Å². The SMILES string of the molecule is CCCCCCCCCCCCCCn1cc[n+](CCCCCCC)c1CCC. The molecule has 170 valence electrons. The van der Waals surface area contributed by atoms with Crippen LogP contribution in [0.3, 0.4) is 0 Å². The molecule has 0 aliphatic heterocycles. The fourth-order valence-electron chi connectivity index (χ4n) is 4.42. The number of unbranched alkanes of at least 4 members (excludes halogenated alkanes) is 15. The lowest BCUT2D eigenvalue weighted by atomic mass is 10.1. The van der Waals surface area contributed by atoms with Gasteiger partial charge in [-0.15, -0.1) is 0 Å². The summed E-state index contributed by atoms with van der Waals surface area (Å²) in [5.41, 5.74) is 0. The second-order valence-electron chi connectivity index (χ2n) is 9.15. The van der Waals surface area contributed by atoms with Crippen LogP contribution in [0.5, 0.6) is 0 Å². The van der Waals surface area contributed by atoms with Gasteiger partial charge in [0.25, 0.3) is 5.82 Å². The van der Waals surface area contributed by atoms with Crippen LogP contribution in [0.4, 0.5) is 0 Å². The maximum Gasteiger partial charge on any atom is 0.256 e. The van der Waals surface area contributed by atoms with Gasteiger partial charge in [0.05, 0.1) is 13.1 Å². The van der Waals surface area contributed by atoms with Gasteiger partial charge in [0.1, 0.15) is 12.4 Å². The standard InChI is InChI=1S/C27H53N2/c1-4-7-9-11-12-13-14-15-16-17-19-21-24-29-26-25-28(27(29)22-6-3)23-20-18-10-8-5-2/h25-26H,4-24H2,1-3H3/q+1. The number of hydrogen-bond acceptors (Lipinski definition) is 0. The molecular formula is C27H53N2+. The highest BCUT2D eigenvalue weighted by molar-refractivity contribution is 4.84. The Hall–Kier alpha value is -0.790. The minimum absolute atomic E-state index is 1.21. The van der Waals surface area contributed by atoms with Gasteiger partial charge in [-0.05, 0) is 32.1 Å². The maximum absolute atomic E-state index is 2.55. The molecule has 0 bridgehead atoms. The minimum atomic E-state index is 1.21. The van der Waals surface area contributed by atoms with Crippen LogP contribution in [0.15, 0.2) is 12.4 Å². The number of aromatic nitrogens is 2. The Bertz CT molecular complexity index is 463. The van der Waals surface area contributed by atoms with Gasteiger partial charge >= 0.3 is 0 Å². The molecule has 0 N–H and O–H groups in total. The Morgan fingerprint density at radius 3 is 1.59 bits per heavy atom. The molecular weight excluding hydrogens is 352 g/mol. The first-order chi connectivity index (χ1) is 14.3. The molecule has 0 aliphatic carbocycles. The normalized spacial score (nSPS) is 11.4.